The van der Waals surface area contributed by atoms with Crippen LogP contribution in [0.25, 0.3) is 11.2 Å². The number of likely N-dealkylation sites (tertiary alicyclic amines) is 1. The third kappa shape index (κ3) is 5.31. The lowest BCUT2D eigenvalue weighted by atomic mass is 9.91. The molecule has 1 saturated heterocycles. The predicted molar refractivity (Wildman–Crippen MR) is 134 cm³/mol. The molecule has 1 aliphatic heterocycles. The molecule has 7 heteroatoms. The first-order valence-corrected chi connectivity index (χ1v) is 11.9. The highest BCUT2D eigenvalue weighted by atomic mass is 15.2. The van der Waals surface area contributed by atoms with E-state index < -0.39 is 0 Å². The second kappa shape index (κ2) is 10.4. The molecule has 0 bridgehead atoms. The highest BCUT2D eigenvalue weighted by Gasteiger charge is 2.17. The Morgan fingerprint density at radius 3 is 2.24 bits per heavy atom. The second-order valence-corrected chi connectivity index (χ2v) is 8.58. The number of piperidine rings is 1. The van der Waals surface area contributed by atoms with Crippen LogP contribution in [0.1, 0.15) is 36.3 Å². The van der Waals surface area contributed by atoms with Gasteiger partial charge in [0, 0.05) is 25.6 Å². The molecule has 4 aromatic rings. The summed E-state index contributed by atoms with van der Waals surface area (Å²) in [6, 6.07) is 21.2. The number of nitrogens with one attached hydrogen (secondary N) is 3. The number of anilines is 2. The van der Waals surface area contributed by atoms with Gasteiger partial charge in [0.05, 0.1) is 6.33 Å². The van der Waals surface area contributed by atoms with Crippen LogP contribution in [0.5, 0.6) is 0 Å². The van der Waals surface area contributed by atoms with E-state index >= 15 is 0 Å². The van der Waals surface area contributed by atoms with Crippen LogP contribution >= 0.6 is 0 Å². The van der Waals surface area contributed by atoms with E-state index in [0.29, 0.717) is 18.1 Å². The van der Waals surface area contributed by atoms with Crippen molar-refractivity contribution in [2.75, 3.05) is 43.4 Å². The van der Waals surface area contributed by atoms with Crippen LogP contribution in [-0.2, 0) is 0 Å². The molecule has 2 aromatic carbocycles. The maximum Gasteiger partial charge on any atom is 0.226 e. The fourth-order valence-corrected chi connectivity index (χ4v) is 4.55. The summed E-state index contributed by atoms with van der Waals surface area (Å²) < 4.78 is 0. The zero-order chi connectivity index (χ0) is 22.3. The number of imidazole rings is 1. The average molecular weight is 442 g/mol. The van der Waals surface area contributed by atoms with Gasteiger partial charge in [0.2, 0.25) is 5.95 Å². The van der Waals surface area contributed by atoms with Crippen LogP contribution in [0.4, 0.5) is 11.8 Å². The molecule has 3 heterocycles. The van der Waals surface area contributed by atoms with Crippen LogP contribution in [0.3, 0.4) is 0 Å². The first-order valence-electron chi connectivity index (χ1n) is 11.9. The number of hydrogen-bond acceptors (Lipinski definition) is 6. The lowest BCUT2D eigenvalue weighted by molar-refractivity contribution is 0.237. The van der Waals surface area contributed by atoms with E-state index in [4.69, 9.17) is 4.98 Å². The first-order chi connectivity index (χ1) is 16.4. The summed E-state index contributed by atoms with van der Waals surface area (Å²) in [5.74, 6) is 1.59. The van der Waals surface area contributed by atoms with Crippen molar-refractivity contribution < 1.29 is 0 Å². The molecule has 5 rings (SSSR count). The van der Waals surface area contributed by atoms with Gasteiger partial charge in [0.15, 0.2) is 11.5 Å². The number of nitrogens with zero attached hydrogens (tertiary/aromatic N) is 4. The fraction of sp³-hybridized carbons (Fsp3) is 0.346. The number of H-pyrrole nitrogens is 1. The van der Waals surface area contributed by atoms with Gasteiger partial charge >= 0.3 is 0 Å². The molecule has 1 fully saturated rings. The minimum atomic E-state index is 0.204. The summed E-state index contributed by atoms with van der Waals surface area (Å²) in [7, 11) is 0. The zero-order valence-corrected chi connectivity index (χ0v) is 18.9. The quantitative estimate of drug-likeness (QED) is 0.355. The van der Waals surface area contributed by atoms with Gasteiger partial charge in [-0.05, 0) is 37.1 Å². The summed E-state index contributed by atoms with van der Waals surface area (Å²) in [6.07, 6.45) is 5.63. The number of aromatic amines is 1. The number of rotatable bonds is 9. The lowest BCUT2D eigenvalue weighted by Crippen LogP contribution is -2.33. The normalized spacial score (nSPS) is 14.6. The summed E-state index contributed by atoms with van der Waals surface area (Å²) >= 11 is 0. The molecule has 170 valence electrons. The summed E-state index contributed by atoms with van der Waals surface area (Å²) in [6.45, 7) is 4.93. The summed E-state index contributed by atoms with van der Waals surface area (Å²) in [4.78, 5) is 19.5. The van der Waals surface area contributed by atoms with Crippen molar-refractivity contribution in [2.45, 2.75) is 25.2 Å². The van der Waals surface area contributed by atoms with Gasteiger partial charge in [0.25, 0.3) is 0 Å². The van der Waals surface area contributed by atoms with Crippen molar-refractivity contribution in [1.82, 2.24) is 24.8 Å². The number of aromatic nitrogens is 4. The number of hydrogen-bond donors (Lipinski definition) is 3. The Bertz CT molecular complexity index is 1100. The smallest absolute Gasteiger partial charge is 0.226 e. The molecule has 0 unspecified atom stereocenters. The Hall–Kier alpha value is -3.45. The van der Waals surface area contributed by atoms with Crippen LogP contribution in [-0.4, -0.2) is 57.6 Å². The summed E-state index contributed by atoms with van der Waals surface area (Å²) in [5, 5.41) is 6.99. The maximum absolute atomic E-state index is 4.79. The Labute approximate surface area is 194 Å². The Balaban J connectivity index is 1.32. The zero-order valence-electron chi connectivity index (χ0n) is 18.9. The van der Waals surface area contributed by atoms with E-state index in [9.17, 15) is 0 Å². The highest BCUT2D eigenvalue weighted by Crippen LogP contribution is 2.26. The van der Waals surface area contributed by atoms with Gasteiger partial charge in [-0.15, -0.1) is 0 Å². The maximum atomic E-state index is 4.79. The summed E-state index contributed by atoms with van der Waals surface area (Å²) in [5.41, 5.74) is 4.04. The molecule has 7 nitrogen and oxygen atoms in total. The molecule has 1 aliphatic rings. The molecular weight excluding hydrogens is 410 g/mol. The van der Waals surface area contributed by atoms with Crippen molar-refractivity contribution in [3.63, 3.8) is 0 Å². The third-order valence-corrected chi connectivity index (χ3v) is 6.32. The fourth-order valence-electron chi connectivity index (χ4n) is 4.55. The van der Waals surface area contributed by atoms with Crippen molar-refractivity contribution in [1.29, 1.82) is 0 Å². The minimum absolute atomic E-state index is 0.204. The van der Waals surface area contributed by atoms with Crippen molar-refractivity contribution in [3.05, 3.63) is 78.1 Å². The van der Waals surface area contributed by atoms with Crippen molar-refractivity contribution in [2.24, 2.45) is 0 Å². The van der Waals surface area contributed by atoms with Gasteiger partial charge in [-0.1, -0.05) is 67.1 Å². The minimum Gasteiger partial charge on any atom is -0.367 e. The van der Waals surface area contributed by atoms with Crippen LogP contribution < -0.4 is 10.6 Å². The van der Waals surface area contributed by atoms with E-state index in [1.165, 1.54) is 43.5 Å². The second-order valence-electron chi connectivity index (χ2n) is 8.58. The van der Waals surface area contributed by atoms with E-state index in [0.717, 1.165) is 24.4 Å². The van der Waals surface area contributed by atoms with Crippen molar-refractivity contribution in [3.8, 4) is 0 Å². The third-order valence-electron chi connectivity index (χ3n) is 6.32. The first kappa shape index (κ1) is 21.4. The average Bonchev–Trinajstić information content (AvgIpc) is 3.35. The van der Waals surface area contributed by atoms with Crippen LogP contribution in [0.15, 0.2) is 67.0 Å². The molecule has 33 heavy (non-hydrogen) atoms. The molecule has 0 radical (unpaired) electrons. The Kier molecular flexibility index (Phi) is 6.77. The van der Waals surface area contributed by atoms with Crippen LogP contribution in [0, 0.1) is 0 Å². The predicted octanol–water partition coefficient (Wildman–Crippen LogP) is 4.49. The molecule has 3 N–H and O–H groups in total. The Morgan fingerprint density at radius 2 is 1.55 bits per heavy atom. The van der Waals surface area contributed by atoms with Crippen LogP contribution in [0.2, 0.25) is 0 Å². The number of benzene rings is 2. The largest absolute Gasteiger partial charge is 0.367 e. The standard InChI is InChI=1S/C26H31N7/c1-4-10-20(11-5-1)22(21-12-6-2-7-13-21)18-28-24-23-25(30-19-29-23)32-26(31-24)27-14-17-33-15-8-3-9-16-33/h1-2,4-7,10-13,19,22H,3,8-9,14-18H2,(H3,27,28,29,30,31,32). The molecule has 0 aliphatic carbocycles. The molecule has 0 spiro atoms. The monoisotopic (exact) mass is 441 g/mol. The van der Waals surface area contributed by atoms with E-state index in [2.05, 4.69) is 91.1 Å². The molecule has 0 amide bonds. The Morgan fingerprint density at radius 1 is 0.848 bits per heavy atom. The van der Waals surface area contributed by atoms with E-state index in [1.807, 2.05) is 0 Å². The van der Waals surface area contributed by atoms with E-state index in [-0.39, 0.29) is 5.92 Å². The number of fused-ring (bicyclic) bond motifs is 1. The SMILES string of the molecule is c1ccc(C(CNc2nc(NCCN3CCCCC3)nc3nc[nH]c23)c2ccccc2)cc1. The van der Waals surface area contributed by atoms with Gasteiger partial charge in [0.1, 0.15) is 5.52 Å². The molecule has 0 saturated carbocycles. The van der Waals surface area contributed by atoms with Gasteiger partial charge < -0.3 is 20.5 Å². The van der Waals surface area contributed by atoms with Crippen molar-refractivity contribution >= 4 is 22.9 Å². The lowest BCUT2D eigenvalue weighted by Gasteiger charge is -2.26. The molecular formula is C26H31N7. The van der Waals surface area contributed by atoms with E-state index in [1.54, 1.807) is 6.33 Å². The molecule has 0 atom stereocenters. The highest BCUT2D eigenvalue weighted by molar-refractivity contribution is 5.83. The van der Waals surface area contributed by atoms with Gasteiger partial charge in [-0.25, -0.2) is 4.98 Å². The molecule has 2 aromatic heterocycles. The topological polar surface area (TPSA) is 81.8 Å². The van der Waals surface area contributed by atoms with Gasteiger partial charge in [-0.2, -0.15) is 9.97 Å². The van der Waals surface area contributed by atoms with Gasteiger partial charge in [-0.3, -0.25) is 0 Å².